The second-order valence-corrected chi connectivity index (χ2v) is 9.87. The fraction of sp³-hybridized carbons (Fsp3) is 0.467. The molecule has 1 unspecified atom stereocenters. The van der Waals surface area contributed by atoms with Gasteiger partial charge in [-0.25, -0.2) is 4.39 Å². The van der Waals surface area contributed by atoms with E-state index in [2.05, 4.69) is 4.90 Å². The molecule has 2 aromatic rings. The number of ether oxygens (including phenoxy) is 1. The Morgan fingerprint density at radius 3 is 2.34 bits per heavy atom. The maximum absolute atomic E-state index is 15.2. The van der Waals surface area contributed by atoms with Crippen LogP contribution in [0, 0.1) is 5.82 Å². The van der Waals surface area contributed by atoms with Gasteiger partial charge in [0.15, 0.2) is 0 Å². The Morgan fingerprint density at radius 1 is 1.03 bits per heavy atom. The van der Waals surface area contributed by atoms with E-state index in [4.69, 9.17) is 4.74 Å². The molecule has 8 heteroatoms. The van der Waals surface area contributed by atoms with E-state index >= 15 is 4.39 Å². The summed E-state index contributed by atoms with van der Waals surface area (Å²) in [7, 11) is 1.74. The summed E-state index contributed by atoms with van der Waals surface area (Å²) in [6, 6.07) is 14.6. The highest BCUT2D eigenvalue weighted by molar-refractivity contribution is 5.83. The third-order valence-electron chi connectivity index (χ3n) is 7.41. The number of hydrogen-bond acceptors (Lipinski definition) is 5. The van der Waals surface area contributed by atoms with Crippen LogP contribution in [0.25, 0.3) is 0 Å². The summed E-state index contributed by atoms with van der Waals surface area (Å²) in [5.41, 5.74) is 2.17. The van der Waals surface area contributed by atoms with E-state index in [1.165, 1.54) is 6.07 Å². The van der Waals surface area contributed by atoms with Crippen LogP contribution in [0.4, 0.5) is 10.1 Å². The highest BCUT2D eigenvalue weighted by Gasteiger charge is 2.33. The Hall–Kier alpha value is -3.39. The van der Waals surface area contributed by atoms with Gasteiger partial charge in [-0.3, -0.25) is 14.5 Å². The lowest BCUT2D eigenvalue weighted by Gasteiger charge is -2.41. The monoisotopic (exact) mass is 522 g/mol. The zero-order valence-corrected chi connectivity index (χ0v) is 22.7. The maximum atomic E-state index is 15.2. The molecule has 38 heavy (non-hydrogen) atoms. The highest BCUT2D eigenvalue weighted by Crippen LogP contribution is 2.28. The van der Waals surface area contributed by atoms with Crippen LogP contribution in [0.1, 0.15) is 37.4 Å². The molecule has 2 aliphatic heterocycles. The zero-order valence-electron chi connectivity index (χ0n) is 22.7. The van der Waals surface area contributed by atoms with Gasteiger partial charge in [0.05, 0.1) is 25.3 Å². The smallest absolute Gasteiger partial charge is 0.244 e. The number of carbonyl (C=O) groups excluding carboxylic acids is 2. The number of benzene rings is 2. The SMILES string of the molecule is CCN(CC)C(=O)C(c1ccccc1)N1CCN(c2ccc(CC(=O)N(C)CC3=CCCO3)cc2F)CC1. The van der Waals surface area contributed by atoms with Gasteiger partial charge in [0.2, 0.25) is 11.8 Å². The molecule has 0 N–H and O–H groups in total. The van der Waals surface area contributed by atoms with Crippen LogP contribution >= 0.6 is 0 Å². The first-order valence-corrected chi connectivity index (χ1v) is 13.6. The van der Waals surface area contributed by atoms with Gasteiger partial charge in [0, 0.05) is 52.7 Å². The van der Waals surface area contributed by atoms with Crippen LogP contribution in [0.15, 0.2) is 60.4 Å². The molecule has 4 rings (SSSR count). The lowest BCUT2D eigenvalue weighted by Crippen LogP contribution is -2.52. The lowest BCUT2D eigenvalue weighted by molar-refractivity contribution is -0.137. The summed E-state index contributed by atoms with van der Waals surface area (Å²) in [5.74, 6) is 0.518. The second kappa shape index (κ2) is 12.9. The minimum atomic E-state index is -0.348. The van der Waals surface area contributed by atoms with Crippen molar-refractivity contribution < 1.29 is 18.7 Å². The molecule has 2 aliphatic rings. The summed E-state index contributed by atoms with van der Waals surface area (Å²) in [6.45, 7) is 8.96. The molecule has 0 aromatic heterocycles. The number of halogens is 1. The van der Waals surface area contributed by atoms with E-state index < -0.39 is 0 Å². The summed E-state index contributed by atoms with van der Waals surface area (Å²) in [5, 5.41) is 0. The number of rotatable bonds is 10. The van der Waals surface area contributed by atoms with Gasteiger partial charge in [-0.05, 0) is 43.2 Å². The van der Waals surface area contributed by atoms with Crippen molar-refractivity contribution in [3.8, 4) is 0 Å². The van der Waals surface area contributed by atoms with E-state index in [0.717, 1.165) is 17.7 Å². The largest absolute Gasteiger partial charge is 0.496 e. The van der Waals surface area contributed by atoms with Gasteiger partial charge in [-0.15, -0.1) is 0 Å². The first-order valence-electron chi connectivity index (χ1n) is 13.6. The van der Waals surface area contributed by atoms with E-state index in [1.807, 2.05) is 66.1 Å². The summed E-state index contributed by atoms with van der Waals surface area (Å²) in [6.07, 6.45) is 3.01. The lowest BCUT2D eigenvalue weighted by atomic mass is 10.0. The number of piperazine rings is 1. The zero-order chi connectivity index (χ0) is 27.1. The van der Waals surface area contributed by atoms with Crippen molar-refractivity contribution in [2.45, 2.75) is 32.7 Å². The third-order valence-corrected chi connectivity index (χ3v) is 7.41. The van der Waals surface area contributed by atoms with E-state index in [0.29, 0.717) is 63.7 Å². The van der Waals surface area contributed by atoms with E-state index in [1.54, 1.807) is 18.0 Å². The van der Waals surface area contributed by atoms with Crippen molar-refractivity contribution in [1.82, 2.24) is 14.7 Å². The van der Waals surface area contributed by atoms with Gasteiger partial charge < -0.3 is 19.4 Å². The fourth-order valence-corrected chi connectivity index (χ4v) is 5.20. The molecule has 204 valence electrons. The minimum Gasteiger partial charge on any atom is -0.496 e. The molecular weight excluding hydrogens is 483 g/mol. The Morgan fingerprint density at radius 2 is 1.74 bits per heavy atom. The molecule has 7 nitrogen and oxygen atoms in total. The van der Waals surface area contributed by atoms with Crippen LogP contribution in [-0.2, 0) is 20.7 Å². The number of hydrogen-bond donors (Lipinski definition) is 0. The molecule has 1 atom stereocenters. The molecule has 2 amide bonds. The quantitative estimate of drug-likeness (QED) is 0.474. The molecule has 2 aromatic carbocycles. The van der Waals surface area contributed by atoms with Crippen molar-refractivity contribution in [1.29, 1.82) is 0 Å². The van der Waals surface area contributed by atoms with Crippen LogP contribution in [-0.4, -0.2) is 86.0 Å². The first-order chi connectivity index (χ1) is 18.4. The van der Waals surface area contributed by atoms with Crippen molar-refractivity contribution in [2.75, 3.05) is 64.4 Å². The van der Waals surface area contributed by atoms with Crippen molar-refractivity contribution in [3.63, 3.8) is 0 Å². The van der Waals surface area contributed by atoms with Gasteiger partial charge in [0.1, 0.15) is 17.6 Å². The predicted octanol–water partition coefficient (Wildman–Crippen LogP) is 3.86. The van der Waals surface area contributed by atoms with Gasteiger partial charge in [-0.1, -0.05) is 36.4 Å². The molecular formula is C30H39FN4O3. The fourth-order valence-electron chi connectivity index (χ4n) is 5.20. The third kappa shape index (κ3) is 6.54. The molecule has 2 heterocycles. The first kappa shape index (κ1) is 27.6. The van der Waals surface area contributed by atoms with E-state index in [9.17, 15) is 9.59 Å². The Balaban J connectivity index is 1.39. The second-order valence-electron chi connectivity index (χ2n) is 9.87. The van der Waals surface area contributed by atoms with Gasteiger partial charge >= 0.3 is 0 Å². The summed E-state index contributed by atoms with van der Waals surface area (Å²) >= 11 is 0. The predicted molar refractivity (Wildman–Crippen MR) is 147 cm³/mol. The van der Waals surface area contributed by atoms with Crippen LogP contribution < -0.4 is 4.90 Å². The van der Waals surface area contributed by atoms with Crippen LogP contribution in [0.2, 0.25) is 0 Å². The number of nitrogens with zero attached hydrogens (tertiary/aromatic N) is 4. The average Bonchev–Trinajstić information content (AvgIpc) is 3.44. The molecule has 1 fully saturated rings. The number of likely N-dealkylation sites (N-methyl/N-ethyl adjacent to an activating group) is 2. The number of amides is 2. The van der Waals surface area contributed by atoms with E-state index in [-0.39, 0.29) is 30.1 Å². The van der Waals surface area contributed by atoms with Crippen molar-refractivity contribution in [3.05, 3.63) is 77.3 Å². The molecule has 1 saturated heterocycles. The van der Waals surface area contributed by atoms with Crippen molar-refractivity contribution >= 4 is 17.5 Å². The summed E-state index contributed by atoms with van der Waals surface area (Å²) < 4.78 is 20.7. The summed E-state index contributed by atoms with van der Waals surface area (Å²) in [4.78, 5) is 33.8. The standard InChI is InChI=1S/C30H39FN4O3/c1-4-33(5-2)30(37)29(24-10-7-6-8-11-24)35-17-15-34(16-18-35)27-14-13-23(20-26(27)31)21-28(36)32(3)22-25-12-9-19-38-25/h6-8,10-14,20,29H,4-5,9,15-19,21-22H2,1-3H3. The van der Waals surface area contributed by atoms with Crippen LogP contribution in [0.3, 0.4) is 0 Å². The minimum absolute atomic E-state index is 0.0769. The Bertz CT molecular complexity index is 1130. The molecule has 0 aliphatic carbocycles. The van der Waals surface area contributed by atoms with Gasteiger partial charge in [-0.2, -0.15) is 0 Å². The van der Waals surface area contributed by atoms with Gasteiger partial charge in [0.25, 0.3) is 0 Å². The number of anilines is 1. The Kier molecular flexibility index (Phi) is 9.39. The van der Waals surface area contributed by atoms with Crippen LogP contribution in [0.5, 0.6) is 0 Å². The maximum Gasteiger partial charge on any atom is 0.244 e. The normalized spacial score (nSPS) is 16.5. The topological polar surface area (TPSA) is 56.3 Å². The number of carbonyl (C=O) groups is 2. The molecule has 0 saturated carbocycles. The van der Waals surface area contributed by atoms with Crippen molar-refractivity contribution in [2.24, 2.45) is 0 Å². The molecule has 0 bridgehead atoms. The highest BCUT2D eigenvalue weighted by atomic mass is 19.1. The molecule has 0 radical (unpaired) electrons. The molecule has 0 spiro atoms. The average molecular weight is 523 g/mol. The Labute approximate surface area is 225 Å².